The van der Waals surface area contributed by atoms with Crippen molar-refractivity contribution in [1.82, 2.24) is 23.9 Å². The Bertz CT molecular complexity index is 3100. The number of imidazole rings is 1. The monoisotopic (exact) mass is 643 g/mol. The summed E-state index contributed by atoms with van der Waals surface area (Å²) in [5.74, 6) is 0.729. The van der Waals surface area contributed by atoms with Gasteiger partial charge in [0.2, 0.25) is 0 Å². The Morgan fingerprint density at radius 1 is 0.510 bits per heavy atom. The Balaban J connectivity index is 1.29. The maximum absolute atomic E-state index is 5.27. The van der Waals surface area contributed by atoms with Crippen LogP contribution in [-0.2, 0) is 0 Å². The lowest BCUT2D eigenvalue weighted by Gasteiger charge is -2.12. The van der Waals surface area contributed by atoms with E-state index < -0.39 is 0 Å². The van der Waals surface area contributed by atoms with Crippen LogP contribution >= 0.6 is 11.3 Å². The van der Waals surface area contributed by atoms with Crippen LogP contribution in [0.4, 0.5) is 0 Å². The molecule has 0 aliphatic rings. The highest BCUT2D eigenvalue weighted by atomic mass is 32.1. The van der Waals surface area contributed by atoms with Gasteiger partial charge in [-0.1, -0.05) is 115 Å². The van der Waals surface area contributed by atoms with Crippen molar-refractivity contribution < 1.29 is 0 Å². The molecule has 5 aromatic heterocycles. The molecule has 5 heterocycles. The molecule has 6 heteroatoms. The molecule has 228 valence electrons. The zero-order valence-electron chi connectivity index (χ0n) is 26.1. The zero-order chi connectivity index (χ0) is 32.1. The number of fused-ring (bicyclic) bond motifs is 13. The molecular weight excluding hydrogens is 619 g/mol. The molecular formula is C43H25N5S. The number of thiophene rings is 1. The second kappa shape index (κ2) is 10.1. The van der Waals surface area contributed by atoms with E-state index in [9.17, 15) is 0 Å². The highest BCUT2D eigenvalue weighted by molar-refractivity contribution is 7.26. The summed E-state index contributed by atoms with van der Waals surface area (Å²) in [5, 5.41) is 5.89. The topological polar surface area (TPSA) is 48.0 Å². The fraction of sp³-hybridized carbons (Fsp3) is 0. The molecule has 0 radical (unpaired) electrons. The summed E-state index contributed by atoms with van der Waals surface area (Å²) in [6.07, 6.45) is 0. The summed E-state index contributed by atoms with van der Waals surface area (Å²) in [5.41, 5.74) is 10.4. The lowest BCUT2D eigenvalue weighted by Crippen LogP contribution is -1.99. The molecule has 11 rings (SSSR count). The Labute approximate surface area is 284 Å². The van der Waals surface area contributed by atoms with Gasteiger partial charge in [0.1, 0.15) is 11.3 Å². The third-order valence-corrected chi connectivity index (χ3v) is 10.9. The molecule has 0 atom stereocenters. The molecule has 0 aliphatic heterocycles. The molecule has 49 heavy (non-hydrogen) atoms. The number of hydrogen-bond acceptors (Lipinski definition) is 4. The number of rotatable bonds is 3. The standard InChI is InChI=1S/C43H25N5S/c1-3-13-26(14-4-1)38-40-39(46-41(45-38)27-15-5-2-6-16-27)32-25-28(23-24-36(32)49-40)47-34-21-11-9-19-31(34)37-29-17-7-8-18-30(29)42-44-33-20-10-12-22-35(33)48(42)43(37)47/h1-25H. The largest absolute Gasteiger partial charge is 0.295 e. The number of aromatic nitrogens is 5. The molecule has 6 aromatic carbocycles. The van der Waals surface area contributed by atoms with E-state index in [1.165, 1.54) is 20.9 Å². The maximum Gasteiger partial charge on any atom is 0.160 e. The second-order valence-corrected chi connectivity index (χ2v) is 13.5. The van der Waals surface area contributed by atoms with E-state index in [4.69, 9.17) is 15.0 Å². The molecule has 0 saturated heterocycles. The van der Waals surface area contributed by atoms with Gasteiger partial charge < -0.3 is 0 Å². The van der Waals surface area contributed by atoms with E-state index in [1.54, 1.807) is 11.3 Å². The second-order valence-electron chi connectivity index (χ2n) is 12.4. The first-order valence-corrected chi connectivity index (χ1v) is 17.2. The van der Waals surface area contributed by atoms with Crippen LogP contribution in [0.1, 0.15) is 0 Å². The van der Waals surface area contributed by atoms with Crippen molar-refractivity contribution in [1.29, 1.82) is 0 Å². The van der Waals surface area contributed by atoms with E-state index in [-0.39, 0.29) is 0 Å². The molecule has 0 aliphatic carbocycles. The van der Waals surface area contributed by atoms with Gasteiger partial charge in [0.15, 0.2) is 5.82 Å². The fourth-order valence-electron chi connectivity index (χ4n) is 7.56. The number of para-hydroxylation sites is 3. The van der Waals surface area contributed by atoms with Gasteiger partial charge in [-0.2, -0.15) is 0 Å². The summed E-state index contributed by atoms with van der Waals surface area (Å²) in [6.45, 7) is 0. The molecule has 0 amide bonds. The van der Waals surface area contributed by atoms with Crippen molar-refractivity contribution in [3.05, 3.63) is 152 Å². The Morgan fingerprint density at radius 3 is 2.00 bits per heavy atom. The number of benzene rings is 6. The zero-order valence-corrected chi connectivity index (χ0v) is 26.9. The SMILES string of the molecule is c1ccc(-c2nc(-c3ccccc3)c3sc4ccc(-n5c6ccccc6c6c7ccccc7c7nc8ccccc8n7c65)cc4c3n2)cc1. The van der Waals surface area contributed by atoms with E-state index in [0.29, 0.717) is 0 Å². The van der Waals surface area contributed by atoms with E-state index in [0.717, 1.165) is 77.2 Å². The van der Waals surface area contributed by atoms with Crippen molar-refractivity contribution in [2.45, 2.75) is 0 Å². The lowest BCUT2D eigenvalue weighted by molar-refractivity contribution is 1.12. The van der Waals surface area contributed by atoms with Crippen molar-refractivity contribution in [2.75, 3.05) is 0 Å². The average Bonchev–Trinajstić information content (AvgIpc) is 3.85. The third kappa shape index (κ3) is 3.77. The summed E-state index contributed by atoms with van der Waals surface area (Å²) in [7, 11) is 0. The number of hydrogen-bond donors (Lipinski definition) is 0. The van der Waals surface area contributed by atoms with Crippen molar-refractivity contribution in [3.8, 4) is 28.3 Å². The van der Waals surface area contributed by atoms with E-state index in [1.807, 2.05) is 24.3 Å². The molecule has 11 aromatic rings. The van der Waals surface area contributed by atoms with Gasteiger partial charge in [0, 0.05) is 43.1 Å². The van der Waals surface area contributed by atoms with Gasteiger partial charge >= 0.3 is 0 Å². The predicted molar refractivity (Wildman–Crippen MR) is 204 cm³/mol. The average molecular weight is 644 g/mol. The highest BCUT2D eigenvalue weighted by Crippen LogP contribution is 2.43. The minimum Gasteiger partial charge on any atom is -0.295 e. The first-order valence-electron chi connectivity index (χ1n) is 16.4. The molecule has 0 N–H and O–H groups in total. The maximum atomic E-state index is 5.27. The van der Waals surface area contributed by atoms with Gasteiger partial charge in [-0.25, -0.2) is 15.0 Å². The summed E-state index contributed by atoms with van der Waals surface area (Å²) < 4.78 is 7.04. The van der Waals surface area contributed by atoms with Crippen LogP contribution < -0.4 is 0 Å². The normalized spacial score (nSPS) is 12.1. The first-order chi connectivity index (χ1) is 24.3. The summed E-state index contributed by atoms with van der Waals surface area (Å²) in [6, 6.07) is 53.4. The van der Waals surface area contributed by atoms with Crippen LogP contribution in [0.2, 0.25) is 0 Å². The van der Waals surface area contributed by atoms with Crippen LogP contribution in [0, 0.1) is 0 Å². The van der Waals surface area contributed by atoms with Gasteiger partial charge in [0.25, 0.3) is 0 Å². The van der Waals surface area contributed by atoms with Gasteiger partial charge in [-0.3, -0.25) is 8.97 Å². The van der Waals surface area contributed by atoms with Crippen LogP contribution in [-0.4, -0.2) is 23.9 Å². The fourth-order valence-corrected chi connectivity index (χ4v) is 8.70. The summed E-state index contributed by atoms with van der Waals surface area (Å²) in [4.78, 5) is 15.6. The Morgan fingerprint density at radius 2 is 1.18 bits per heavy atom. The summed E-state index contributed by atoms with van der Waals surface area (Å²) >= 11 is 1.76. The van der Waals surface area contributed by atoms with Gasteiger partial charge in [0.05, 0.1) is 32.5 Å². The minimum atomic E-state index is 0.729. The smallest absolute Gasteiger partial charge is 0.160 e. The first kappa shape index (κ1) is 26.7. The Kier molecular flexibility index (Phi) is 5.48. The van der Waals surface area contributed by atoms with Crippen LogP contribution in [0.15, 0.2) is 152 Å². The number of pyridine rings is 1. The van der Waals surface area contributed by atoms with E-state index in [2.05, 4.69) is 136 Å². The van der Waals surface area contributed by atoms with Crippen molar-refractivity contribution >= 4 is 81.0 Å². The van der Waals surface area contributed by atoms with E-state index >= 15 is 0 Å². The highest BCUT2D eigenvalue weighted by Gasteiger charge is 2.23. The van der Waals surface area contributed by atoms with Crippen molar-refractivity contribution in [2.24, 2.45) is 0 Å². The van der Waals surface area contributed by atoms with Gasteiger partial charge in [-0.05, 0) is 41.8 Å². The third-order valence-electron chi connectivity index (χ3n) is 9.69. The molecule has 0 unspecified atom stereocenters. The lowest BCUT2D eigenvalue weighted by atomic mass is 10.1. The van der Waals surface area contributed by atoms with Crippen molar-refractivity contribution in [3.63, 3.8) is 0 Å². The molecule has 0 saturated carbocycles. The predicted octanol–water partition coefficient (Wildman–Crippen LogP) is 11.2. The quantitative estimate of drug-likeness (QED) is 0.192. The Hall–Kier alpha value is -6.37. The molecule has 0 spiro atoms. The number of nitrogens with zero attached hydrogens (tertiary/aromatic N) is 5. The molecule has 0 bridgehead atoms. The minimum absolute atomic E-state index is 0.729. The van der Waals surface area contributed by atoms with Crippen LogP contribution in [0.3, 0.4) is 0 Å². The molecule has 5 nitrogen and oxygen atoms in total. The molecule has 0 fully saturated rings. The van der Waals surface area contributed by atoms with Gasteiger partial charge in [-0.15, -0.1) is 11.3 Å². The van der Waals surface area contributed by atoms with Crippen LogP contribution in [0.25, 0.3) is 98.0 Å². The van der Waals surface area contributed by atoms with Crippen LogP contribution in [0.5, 0.6) is 0 Å².